The molecule has 0 spiro atoms. The minimum atomic E-state index is -0.999. The van der Waals surface area contributed by atoms with E-state index in [1.807, 2.05) is 7.05 Å². The summed E-state index contributed by atoms with van der Waals surface area (Å²) in [6, 6.07) is 2.97. The average Bonchev–Trinajstić information content (AvgIpc) is 2.73. The lowest BCUT2D eigenvalue weighted by Crippen LogP contribution is -2.04. The number of aromatic nitrogens is 3. The number of hydrogen-bond donors (Lipinski definition) is 1. The third-order valence-corrected chi connectivity index (χ3v) is 3.57. The zero-order chi connectivity index (χ0) is 14.0. The molecule has 8 heteroatoms. The van der Waals surface area contributed by atoms with E-state index in [-0.39, 0.29) is 12.2 Å². The number of ether oxygens (including phenoxy) is 1. The maximum atomic E-state index is 10.9. The predicted molar refractivity (Wildman–Crippen MR) is 74.1 cm³/mol. The Balaban J connectivity index is 2.21. The van der Waals surface area contributed by atoms with Crippen molar-refractivity contribution in [1.29, 1.82) is 0 Å². The SMILES string of the molecule is Cn1cnnc1COc1c(Br)cc(C(=O)O)cc1Br. The number of benzene rings is 1. The summed E-state index contributed by atoms with van der Waals surface area (Å²) in [6.07, 6.45) is 1.58. The zero-order valence-electron chi connectivity index (χ0n) is 9.80. The number of rotatable bonds is 4. The molecule has 0 saturated carbocycles. The molecule has 0 radical (unpaired) electrons. The van der Waals surface area contributed by atoms with E-state index < -0.39 is 5.97 Å². The van der Waals surface area contributed by atoms with Gasteiger partial charge in [-0.3, -0.25) is 0 Å². The second-order valence-electron chi connectivity index (χ2n) is 3.72. The molecule has 100 valence electrons. The summed E-state index contributed by atoms with van der Waals surface area (Å²) in [5.41, 5.74) is 0.171. The molecule has 0 fully saturated rings. The topological polar surface area (TPSA) is 77.2 Å². The van der Waals surface area contributed by atoms with Crippen LogP contribution in [0.4, 0.5) is 0 Å². The van der Waals surface area contributed by atoms with Crippen LogP contribution in [0, 0.1) is 0 Å². The summed E-state index contributed by atoms with van der Waals surface area (Å²) in [6.45, 7) is 0.236. The molecule has 1 aromatic heterocycles. The molecular formula is C11H9Br2N3O3. The van der Waals surface area contributed by atoms with Crippen LogP contribution in [0.2, 0.25) is 0 Å². The highest BCUT2D eigenvalue weighted by atomic mass is 79.9. The van der Waals surface area contributed by atoms with Gasteiger partial charge in [0.1, 0.15) is 18.7 Å². The lowest BCUT2D eigenvalue weighted by molar-refractivity contribution is 0.0696. The summed E-state index contributed by atoms with van der Waals surface area (Å²) >= 11 is 6.58. The first-order valence-corrected chi connectivity index (χ1v) is 6.75. The summed E-state index contributed by atoms with van der Waals surface area (Å²) in [7, 11) is 1.82. The first-order chi connectivity index (χ1) is 8.99. The van der Waals surface area contributed by atoms with Gasteiger partial charge in [0.25, 0.3) is 0 Å². The number of halogens is 2. The highest BCUT2D eigenvalue weighted by molar-refractivity contribution is 9.11. The maximum absolute atomic E-state index is 10.9. The molecule has 2 rings (SSSR count). The van der Waals surface area contributed by atoms with Crippen molar-refractivity contribution in [3.8, 4) is 5.75 Å². The molecule has 0 aliphatic carbocycles. The molecule has 1 N–H and O–H groups in total. The van der Waals surface area contributed by atoms with Gasteiger partial charge < -0.3 is 14.4 Å². The quantitative estimate of drug-likeness (QED) is 0.868. The van der Waals surface area contributed by atoms with Gasteiger partial charge in [-0.2, -0.15) is 0 Å². The maximum Gasteiger partial charge on any atom is 0.335 e. The highest BCUT2D eigenvalue weighted by Gasteiger charge is 2.13. The average molecular weight is 391 g/mol. The van der Waals surface area contributed by atoms with Crippen LogP contribution < -0.4 is 4.74 Å². The summed E-state index contributed by atoms with van der Waals surface area (Å²) in [5.74, 6) is 0.190. The summed E-state index contributed by atoms with van der Waals surface area (Å²) < 4.78 is 8.47. The normalized spacial score (nSPS) is 10.5. The van der Waals surface area contributed by atoms with Crippen molar-refractivity contribution in [2.24, 2.45) is 7.05 Å². The van der Waals surface area contributed by atoms with Crippen LogP contribution in [-0.2, 0) is 13.7 Å². The van der Waals surface area contributed by atoms with E-state index in [0.717, 1.165) is 0 Å². The second-order valence-corrected chi connectivity index (χ2v) is 5.43. The lowest BCUT2D eigenvalue weighted by Gasteiger charge is -2.10. The fourth-order valence-corrected chi connectivity index (χ4v) is 2.81. The standard InChI is InChI=1S/C11H9Br2N3O3/c1-16-5-14-15-9(16)4-19-10-7(12)2-6(11(17)18)3-8(10)13/h2-3,5H,4H2,1H3,(H,17,18). The Morgan fingerprint density at radius 1 is 1.42 bits per heavy atom. The molecule has 1 heterocycles. The Morgan fingerprint density at radius 3 is 2.53 bits per heavy atom. The van der Waals surface area contributed by atoms with Gasteiger partial charge in [0.05, 0.1) is 14.5 Å². The van der Waals surface area contributed by atoms with E-state index in [9.17, 15) is 4.79 Å². The van der Waals surface area contributed by atoms with Crippen LogP contribution in [-0.4, -0.2) is 25.8 Å². The van der Waals surface area contributed by atoms with E-state index >= 15 is 0 Å². The number of aryl methyl sites for hydroxylation is 1. The molecule has 0 amide bonds. The molecule has 0 saturated heterocycles. The third kappa shape index (κ3) is 3.13. The van der Waals surface area contributed by atoms with Gasteiger partial charge in [-0.15, -0.1) is 10.2 Å². The number of carboxylic acids is 1. The molecule has 0 aliphatic heterocycles. The number of hydrogen-bond acceptors (Lipinski definition) is 4. The Bertz CT molecular complexity index is 604. The van der Waals surface area contributed by atoms with Crippen LogP contribution in [0.5, 0.6) is 5.75 Å². The predicted octanol–water partition coefficient (Wildman–Crippen LogP) is 2.62. The number of carbonyl (C=O) groups is 1. The van der Waals surface area contributed by atoms with Crippen LogP contribution in [0.15, 0.2) is 27.4 Å². The van der Waals surface area contributed by atoms with Gasteiger partial charge >= 0.3 is 5.97 Å². The van der Waals surface area contributed by atoms with Crippen LogP contribution in [0.25, 0.3) is 0 Å². The van der Waals surface area contributed by atoms with Crippen molar-refractivity contribution in [2.75, 3.05) is 0 Å². The Labute approximate surface area is 125 Å². The van der Waals surface area contributed by atoms with Crippen molar-refractivity contribution >= 4 is 37.8 Å². The van der Waals surface area contributed by atoms with Gasteiger partial charge in [0.15, 0.2) is 5.82 Å². The Kier molecular flexibility index (Phi) is 4.20. The molecule has 0 bridgehead atoms. The first kappa shape index (κ1) is 14.0. The van der Waals surface area contributed by atoms with Crippen molar-refractivity contribution in [3.05, 3.63) is 38.8 Å². The zero-order valence-corrected chi connectivity index (χ0v) is 13.0. The first-order valence-electron chi connectivity index (χ1n) is 5.17. The summed E-state index contributed by atoms with van der Waals surface area (Å²) in [5, 5.41) is 16.6. The van der Waals surface area contributed by atoms with Gasteiger partial charge in [-0.1, -0.05) is 0 Å². The molecule has 19 heavy (non-hydrogen) atoms. The van der Waals surface area contributed by atoms with Crippen molar-refractivity contribution in [3.63, 3.8) is 0 Å². The van der Waals surface area contributed by atoms with Crippen LogP contribution in [0.1, 0.15) is 16.2 Å². The largest absolute Gasteiger partial charge is 0.483 e. The number of carboxylic acid groups (broad SMARTS) is 1. The molecule has 1 aromatic carbocycles. The monoisotopic (exact) mass is 389 g/mol. The van der Waals surface area contributed by atoms with E-state index in [4.69, 9.17) is 9.84 Å². The smallest absolute Gasteiger partial charge is 0.335 e. The fourth-order valence-electron chi connectivity index (χ4n) is 1.40. The lowest BCUT2D eigenvalue weighted by atomic mass is 10.2. The Morgan fingerprint density at radius 2 is 2.05 bits per heavy atom. The van der Waals surface area contributed by atoms with E-state index in [0.29, 0.717) is 20.5 Å². The minimum Gasteiger partial charge on any atom is -0.483 e. The molecule has 0 aliphatic rings. The molecule has 6 nitrogen and oxygen atoms in total. The third-order valence-electron chi connectivity index (χ3n) is 2.40. The number of nitrogens with zero attached hydrogens (tertiary/aromatic N) is 3. The molecule has 0 unspecified atom stereocenters. The van der Waals surface area contributed by atoms with Crippen molar-refractivity contribution < 1.29 is 14.6 Å². The van der Waals surface area contributed by atoms with Crippen LogP contribution >= 0.6 is 31.9 Å². The van der Waals surface area contributed by atoms with Gasteiger partial charge in [-0.05, 0) is 44.0 Å². The molecular weight excluding hydrogens is 382 g/mol. The number of aromatic carboxylic acids is 1. The molecule has 2 aromatic rings. The van der Waals surface area contributed by atoms with E-state index in [1.165, 1.54) is 12.1 Å². The van der Waals surface area contributed by atoms with Crippen molar-refractivity contribution in [2.45, 2.75) is 6.61 Å². The van der Waals surface area contributed by atoms with Gasteiger partial charge in [0.2, 0.25) is 0 Å². The van der Waals surface area contributed by atoms with E-state index in [2.05, 4.69) is 42.1 Å². The van der Waals surface area contributed by atoms with E-state index in [1.54, 1.807) is 10.9 Å². The summed E-state index contributed by atoms with van der Waals surface area (Å²) in [4.78, 5) is 10.9. The van der Waals surface area contributed by atoms with Gasteiger partial charge in [-0.25, -0.2) is 4.79 Å². The van der Waals surface area contributed by atoms with Crippen LogP contribution in [0.3, 0.4) is 0 Å². The minimum absolute atomic E-state index is 0.171. The Hall–Kier alpha value is -1.41. The van der Waals surface area contributed by atoms with Gasteiger partial charge in [0, 0.05) is 7.05 Å². The second kappa shape index (κ2) is 5.70. The molecule has 0 atom stereocenters. The fraction of sp³-hybridized carbons (Fsp3) is 0.182. The highest BCUT2D eigenvalue weighted by Crippen LogP contribution is 2.35. The van der Waals surface area contributed by atoms with Crippen molar-refractivity contribution in [1.82, 2.24) is 14.8 Å².